The molecule has 5 nitrogen and oxygen atoms in total. The van der Waals surface area contributed by atoms with Gasteiger partial charge in [0.25, 0.3) is 5.91 Å². The largest absolute Gasteiger partial charge is 0.493 e. The highest BCUT2D eigenvalue weighted by atomic mass is 79.9. The van der Waals surface area contributed by atoms with Crippen LogP contribution in [-0.4, -0.2) is 18.7 Å². The number of carbonyl (C=O) groups excluding carboxylic acids is 1. The number of hydrogen-bond acceptors (Lipinski definition) is 4. The van der Waals surface area contributed by atoms with Gasteiger partial charge in [-0.1, -0.05) is 60.0 Å². The molecular weight excluding hydrogens is 468 g/mol. The molecule has 0 aliphatic rings. The number of nitrogens with one attached hydrogen (secondary N) is 1. The summed E-state index contributed by atoms with van der Waals surface area (Å²) in [4.78, 5) is 12.4. The molecule has 0 aliphatic heterocycles. The molecule has 0 unspecified atom stereocenters. The van der Waals surface area contributed by atoms with E-state index in [2.05, 4.69) is 33.4 Å². The molecule has 0 aromatic heterocycles. The average molecular weight is 495 g/mol. The molecule has 3 aromatic carbocycles. The lowest BCUT2D eigenvalue weighted by Gasteiger charge is -2.08. The Morgan fingerprint density at radius 2 is 1.72 bits per heavy atom. The van der Waals surface area contributed by atoms with Crippen LogP contribution in [0.5, 0.6) is 11.5 Å². The van der Waals surface area contributed by atoms with Crippen LogP contribution >= 0.6 is 15.9 Å². The molecule has 6 heteroatoms. The van der Waals surface area contributed by atoms with Gasteiger partial charge in [-0.25, -0.2) is 5.43 Å². The van der Waals surface area contributed by atoms with E-state index in [0.29, 0.717) is 24.5 Å². The first-order chi connectivity index (χ1) is 15.7. The second-order valence-electron chi connectivity index (χ2n) is 7.23. The topological polar surface area (TPSA) is 59.9 Å². The Bertz CT molecular complexity index is 1020. The second kappa shape index (κ2) is 12.7. The van der Waals surface area contributed by atoms with Crippen molar-refractivity contribution < 1.29 is 14.3 Å². The lowest BCUT2D eigenvalue weighted by atomic mass is 10.2. The van der Waals surface area contributed by atoms with Gasteiger partial charge in [0.2, 0.25) is 0 Å². The monoisotopic (exact) mass is 494 g/mol. The van der Waals surface area contributed by atoms with E-state index in [4.69, 9.17) is 9.47 Å². The standard InChI is InChI=1S/C26H27BrN2O3/c1-2-3-6-17-31-25-8-5-4-7-22(25)18-28-29-26(30)21-11-15-24(16-12-21)32-19-20-9-13-23(27)14-10-20/h4-5,7-16,18H,2-3,6,17,19H2,1H3,(H,29,30). The molecule has 0 bridgehead atoms. The normalized spacial score (nSPS) is 10.8. The highest BCUT2D eigenvalue weighted by Crippen LogP contribution is 2.17. The summed E-state index contributed by atoms with van der Waals surface area (Å²) in [6.45, 7) is 3.29. The van der Waals surface area contributed by atoms with Crippen molar-refractivity contribution in [1.82, 2.24) is 5.43 Å². The summed E-state index contributed by atoms with van der Waals surface area (Å²) < 4.78 is 12.6. The minimum atomic E-state index is -0.290. The van der Waals surface area contributed by atoms with Gasteiger partial charge in [-0.15, -0.1) is 0 Å². The zero-order chi connectivity index (χ0) is 22.6. The highest BCUT2D eigenvalue weighted by Gasteiger charge is 2.06. The van der Waals surface area contributed by atoms with Crippen LogP contribution in [0.25, 0.3) is 0 Å². The zero-order valence-corrected chi connectivity index (χ0v) is 19.7. The maximum Gasteiger partial charge on any atom is 0.271 e. The Balaban J connectivity index is 1.50. The van der Waals surface area contributed by atoms with Gasteiger partial charge in [-0.3, -0.25) is 4.79 Å². The van der Waals surface area contributed by atoms with Crippen molar-refractivity contribution in [3.8, 4) is 11.5 Å². The van der Waals surface area contributed by atoms with Gasteiger partial charge >= 0.3 is 0 Å². The molecule has 0 saturated heterocycles. The molecule has 3 aromatic rings. The second-order valence-corrected chi connectivity index (χ2v) is 8.15. The summed E-state index contributed by atoms with van der Waals surface area (Å²) in [7, 11) is 0. The molecular formula is C26H27BrN2O3. The molecule has 166 valence electrons. The smallest absolute Gasteiger partial charge is 0.271 e. The number of benzene rings is 3. The predicted octanol–water partition coefficient (Wildman–Crippen LogP) is 6.36. The van der Waals surface area contributed by atoms with Gasteiger partial charge in [-0.2, -0.15) is 5.10 Å². The molecule has 0 spiro atoms. The van der Waals surface area contributed by atoms with E-state index in [-0.39, 0.29) is 5.91 Å². The maximum atomic E-state index is 12.4. The summed E-state index contributed by atoms with van der Waals surface area (Å²) in [5.74, 6) is 1.16. The Labute approximate surface area is 197 Å². The van der Waals surface area contributed by atoms with Crippen molar-refractivity contribution in [1.29, 1.82) is 0 Å². The lowest BCUT2D eigenvalue weighted by molar-refractivity contribution is 0.0955. The average Bonchev–Trinajstić information content (AvgIpc) is 2.82. The van der Waals surface area contributed by atoms with Crippen LogP contribution in [0, 0.1) is 0 Å². The van der Waals surface area contributed by atoms with Crippen LogP contribution in [0.1, 0.15) is 47.7 Å². The number of nitrogens with zero attached hydrogens (tertiary/aromatic N) is 1. The van der Waals surface area contributed by atoms with Gasteiger partial charge in [0, 0.05) is 15.6 Å². The third kappa shape index (κ3) is 7.54. The minimum absolute atomic E-state index is 0.290. The number of rotatable bonds is 11. The van der Waals surface area contributed by atoms with E-state index < -0.39 is 0 Å². The molecule has 1 amide bonds. The predicted molar refractivity (Wildman–Crippen MR) is 131 cm³/mol. The van der Waals surface area contributed by atoms with Crippen LogP contribution in [-0.2, 0) is 6.61 Å². The summed E-state index contributed by atoms with van der Waals surface area (Å²) >= 11 is 3.42. The number of amides is 1. The molecule has 0 aliphatic carbocycles. The Hall–Kier alpha value is -3.12. The fraction of sp³-hybridized carbons (Fsp3) is 0.231. The Morgan fingerprint density at radius 1 is 0.969 bits per heavy atom. The molecule has 1 N–H and O–H groups in total. The van der Waals surface area contributed by atoms with E-state index in [9.17, 15) is 4.79 Å². The first-order valence-electron chi connectivity index (χ1n) is 10.7. The van der Waals surface area contributed by atoms with Gasteiger partial charge < -0.3 is 9.47 Å². The van der Waals surface area contributed by atoms with Crippen molar-refractivity contribution in [2.45, 2.75) is 32.8 Å². The van der Waals surface area contributed by atoms with Crippen LogP contribution in [0.15, 0.2) is 82.4 Å². The van der Waals surface area contributed by atoms with Crippen LogP contribution in [0.2, 0.25) is 0 Å². The minimum Gasteiger partial charge on any atom is -0.493 e. The summed E-state index contributed by atoms with van der Waals surface area (Å²) in [5, 5.41) is 4.09. The van der Waals surface area contributed by atoms with Crippen LogP contribution in [0.4, 0.5) is 0 Å². The Kier molecular flexibility index (Phi) is 9.32. The highest BCUT2D eigenvalue weighted by molar-refractivity contribution is 9.10. The Morgan fingerprint density at radius 3 is 2.47 bits per heavy atom. The third-order valence-corrected chi connectivity index (χ3v) is 5.26. The van der Waals surface area contributed by atoms with E-state index in [0.717, 1.165) is 40.6 Å². The number of unbranched alkanes of at least 4 members (excludes halogenated alkanes) is 2. The van der Waals surface area contributed by atoms with Crippen LogP contribution < -0.4 is 14.9 Å². The van der Waals surface area contributed by atoms with Crippen molar-refractivity contribution in [2.24, 2.45) is 5.10 Å². The van der Waals surface area contributed by atoms with E-state index >= 15 is 0 Å². The molecule has 0 heterocycles. The summed E-state index contributed by atoms with van der Waals surface area (Å²) in [6, 6.07) is 22.6. The van der Waals surface area contributed by atoms with Gasteiger partial charge in [0.15, 0.2) is 0 Å². The van der Waals surface area contributed by atoms with Crippen molar-refractivity contribution in [3.63, 3.8) is 0 Å². The van der Waals surface area contributed by atoms with Crippen molar-refractivity contribution in [3.05, 3.63) is 94.0 Å². The lowest BCUT2D eigenvalue weighted by Crippen LogP contribution is -2.17. The number of para-hydroxylation sites is 1. The SMILES string of the molecule is CCCCCOc1ccccc1C=NNC(=O)c1ccc(OCc2ccc(Br)cc2)cc1. The number of ether oxygens (including phenoxy) is 2. The number of hydrazone groups is 1. The summed E-state index contributed by atoms with van der Waals surface area (Å²) in [6.07, 6.45) is 4.90. The van der Waals surface area contributed by atoms with Crippen LogP contribution in [0.3, 0.4) is 0 Å². The quantitative estimate of drug-likeness (QED) is 0.191. The third-order valence-electron chi connectivity index (χ3n) is 4.73. The van der Waals surface area contributed by atoms with Gasteiger partial charge in [0.1, 0.15) is 18.1 Å². The van der Waals surface area contributed by atoms with Crippen molar-refractivity contribution >= 4 is 28.1 Å². The molecule has 0 atom stereocenters. The zero-order valence-electron chi connectivity index (χ0n) is 18.1. The first kappa shape index (κ1) is 23.5. The van der Waals surface area contributed by atoms with E-state index in [1.807, 2.05) is 48.5 Å². The first-order valence-corrected chi connectivity index (χ1v) is 11.5. The molecule has 0 saturated carbocycles. The summed E-state index contributed by atoms with van der Waals surface area (Å²) in [5.41, 5.74) is 4.95. The van der Waals surface area contributed by atoms with Crippen molar-refractivity contribution in [2.75, 3.05) is 6.61 Å². The molecule has 0 radical (unpaired) electrons. The fourth-order valence-electron chi connectivity index (χ4n) is 2.93. The van der Waals surface area contributed by atoms with E-state index in [1.54, 1.807) is 30.5 Å². The number of halogens is 1. The van der Waals surface area contributed by atoms with Gasteiger partial charge in [-0.05, 0) is 60.5 Å². The number of carbonyl (C=O) groups is 1. The fourth-order valence-corrected chi connectivity index (χ4v) is 3.19. The molecule has 0 fully saturated rings. The van der Waals surface area contributed by atoms with E-state index in [1.165, 1.54) is 0 Å². The molecule has 3 rings (SSSR count). The number of hydrogen-bond donors (Lipinski definition) is 1. The maximum absolute atomic E-state index is 12.4. The van der Waals surface area contributed by atoms with Gasteiger partial charge in [0.05, 0.1) is 12.8 Å². The molecule has 32 heavy (non-hydrogen) atoms.